The zero-order chi connectivity index (χ0) is 13.3. The predicted octanol–water partition coefficient (Wildman–Crippen LogP) is 1.09. The summed E-state index contributed by atoms with van der Waals surface area (Å²) in [5.41, 5.74) is 6.86. The quantitative estimate of drug-likeness (QED) is 0.883. The smallest absolute Gasteiger partial charge is 0.138 e. The molecule has 1 aliphatic heterocycles. The van der Waals surface area contributed by atoms with Crippen molar-refractivity contribution in [2.24, 2.45) is 12.8 Å². The minimum atomic E-state index is 0.177. The number of hydrogen-bond acceptors (Lipinski definition) is 4. The fourth-order valence-electron chi connectivity index (χ4n) is 3.96. The van der Waals surface area contributed by atoms with E-state index in [2.05, 4.69) is 15.0 Å². The van der Waals surface area contributed by atoms with E-state index in [9.17, 15) is 0 Å². The third kappa shape index (κ3) is 2.30. The molecule has 0 aromatic carbocycles. The van der Waals surface area contributed by atoms with Crippen LogP contribution >= 0.6 is 0 Å². The number of nitrogens with two attached hydrogens (primary N) is 1. The van der Waals surface area contributed by atoms with Crippen molar-refractivity contribution >= 4 is 0 Å². The molecule has 1 atom stereocenters. The van der Waals surface area contributed by atoms with Gasteiger partial charge < -0.3 is 5.73 Å². The Labute approximate surface area is 115 Å². The normalized spacial score (nSPS) is 24.9. The summed E-state index contributed by atoms with van der Waals surface area (Å²) in [6.07, 6.45) is 10.3. The van der Waals surface area contributed by atoms with Crippen LogP contribution in [-0.2, 0) is 13.5 Å². The number of aromatic nitrogens is 3. The van der Waals surface area contributed by atoms with Gasteiger partial charge in [0, 0.05) is 25.0 Å². The zero-order valence-corrected chi connectivity index (χ0v) is 11.9. The van der Waals surface area contributed by atoms with Crippen molar-refractivity contribution in [1.82, 2.24) is 19.7 Å². The number of hydrogen-bond donors (Lipinski definition) is 1. The number of likely N-dealkylation sites (tertiary alicyclic amines) is 1. The SMILES string of the molecule is Cn1ncnc1CC(N)C1(N2CCCC2)CCCC1. The van der Waals surface area contributed by atoms with Crippen LogP contribution in [0.1, 0.15) is 44.3 Å². The van der Waals surface area contributed by atoms with Crippen LogP contribution in [0.5, 0.6) is 0 Å². The standard InChI is InChI=1S/C14H25N5/c1-18-13(16-11-17-18)10-12(15)14(6-2-3-7-14)19-8-4-5-9-19/h11-12H,2-10,15H2,1H3. The molecule has 1 unspecified atom stereocenters. The van der Waals surface area contributed by atoms with Crippen molar-refractivity contribution in [2.45, 2.75) is 56.5 Å². The molecule has 3 rings (SSSR count). The molecule has 5 nitrogen and oxygen atoms in total. The maximum Gasteiger partial charge on any atom is 0.138 e. The summed E-state index contributed by atoms with van der Waals surface area (Å²) in [6.45, 7) is 2.46. The second kappa shape index (κ2) is 5.21. The molecular formula is C14H25N5. The highest BCUT2D eigenvalue weighted by atomic mass is 15.3. The molecule has 1 saturated carbocycles. The monoisotopic (exact) mass is 263 g/mol. The van der Waals surface area contributed by atoms with Crippen LogP contribution in [0.3, 0.4) is 0 Å². The molecule has 5 heteroatoms. The van der Waals surface area contributed by atoms with Crippen LogP contribution in [-0.4, -0.2) is 44.3 Å². The van der Waals surface area contributed by atoms with Crippen LogP contribution in [0.2, 0.25) is 0 Å². The molecule has 2 fully saturated rings. The second-order valence-electron chi connectivity index (χ2n) is 6.12. The van der Waals surface area contributed by atoms with Gasteiger partial charge in [0.2, 0.25) is 0 Å². The highest BCUT2D eigenvalue weighted by Crippen LogP contribution is 2.40. The summed E-state index contributed by atoms with van der Waals surface area (Å²) in [5, 5.41) is 4.15. The lowest BCUT2D eigenvalue weighted by molar-refractivity contribution is 0.0911. The van der Waals surface area contributed by atoms with Crippen LogP contribution in [0, 0.1) is 0 Å². The second-order valence-corrected chi connectivity index (χ2v) is 6.12. The average molecular weight is 263 g/mol. The Bertz CT molecular complexity index is 415. The average Bonchev–Trinajstić information content (AvgIpc) is 3.10. The third-order valence-electron chi connectivity index (χ3n) is 5.10. The van der Waals surface area contributed by atoms with Crippen LogP contribution in [0.15, 0.2) is 6.33 Å². The van der Waals surface area contributed by atoms with E-state index >= 15 is 0 Å². The lowest BCUT2D eigenvalue weighted by Crippen LogP contribution is -2.58. The van der Waals surface area contributed by atoms with E-state index in [1.807, 2.05) is 11.7 Å². The van der Waals surface area contributed by atoms with Gasteiger partial charge in [0.1, 0.15) is 12.2 Å². The van der Waals surface area contributed by atoms with Gasteiger partial charge in [0.15, 0.2) is 0 Å². The third-order valence-corrected chi connectivity index (χ3v) is 5.10. The summed E-state index contributed by atoms with van der Waals surface area (Å²) >= 11 is 0. The van der Waals surface area contributed by atoms with Gasteiger partial charge in [-0.1, -0.05) is 12.8 Å². The van der Waals surface area contributed by atoms with Gasteiger partial charge in [0.05, 0.1) is 0 Å². The maximum absolute atomic E-state index is 6.63. The molecule has 0 radical (unpaired) electrons. The van der Waals surface area contributed by atoms with Crippen molar-refractivity contribution in [1.29, 1.82) is 0 Å². The maximum atomic E-state index is 6.63. The fraction of sp³-hybridized carbons (Fsp3) is 0.857. The largest absolute Gasteiger partial charge is 0.326 e. The first-order valence-corrected chi connectivity index (χ1v) is 7.56. The Balaban J connectivity index is 1.78. The molecule has 0 amide bonds. The molecule has 2 N–H and O–H groups in total. The van der Waals surface area contributed by atoms with Crippen LogP contribution in [0.4, 0.5) is 0 Å². The topological polar surface area (TPSA) is 60.0 Å². The molecule has 1 aliphatic carbocycles. The summed E-state index contributed by atoms with van der Waals surface area (Å²) in [5.74, 6) is 1.01. The number of rotatable bonds is 4. The highest BCUT2D eigenvalue weighted by Gasteiger charge is 2.45. The summed E-state index contributed by atoms with van der Waals surface area (Å²) in [4.78, 5) is 7.01. The predicted molar refractivity (Wildman–Crippen MR) is 74.7 cm³/mol. The molecule has 1 aromatic heterocycles. The lowest BCUT2D eigenvalue weighted by Gasteiger charge is -2.43. The van der Waals surface area contributed by atoms with Crippen molar-refractivity contribution in [3.63, 3.8) is 0 Å². The van der Waals surface area contributed by atoms with Gasteiger partial charge in [-0.15, -0.1) is 0 Å². The molecule has 106 valence electrons. The van der Waals surface area contributed by atoms with E-state index in [0.29, 0.717) is 0 Å². The molecular weight excluding hydrogens is 238 g/mol. The zero-order valence-electron chi connectivity index (χ0n) is 11.9. The summed E-state index contributed by atoms with van der Waals surface area (Å²) < 4.78 is 1.85. The molecule has 0 bridgehead atoms. The van der Waals surface area contributed by atoms with Crippen LogP contribution < -0.4 is 5.73 Å². The summed E-state index contributed by atoms with van der Waals surface area (Å²) in [6, 6.07) is 0.177. The van der Waals surface area contributed by atoms with Gasteiger partial charge in [0.25, 0.3) is 0 Å². The first kappa shape index (κ1) is 13.1. The van der Waals surface area contributed by atoms with Crippen LogP contribution in [0.25, 0.3) is 0 Å². The van der Waals surface area contributed by atoms with Crippen molar-refractivity contribution in [3.8, 4) is 0 Å². The molecule has 19 heavy (non-hydrogen) atoms. The molecule has 2 heterocycles. The van der Waals surface area contributed by atoms with E-state index in [0.717, 1.165) is 12.2 Å². The molecule has 1 saturated heterocycles. The minimum absolute atomic E-state index is 0.177. The lowest BCUT2D eigenvalue weighted by atomic mass is 9.84. The first-order valence-electron chi connectivity index (χ1n) is 7.56. The highest BCUT2D eigenvalue weighted by molar-refractivity contribution is 5.06. The molecule has 0 spiro atoms. The van der Waals surface area contributed by atoms with Gasteiger partial charge in [-0.2, -0.15) is 5.10 Å². The van der Waals surface area contributed by atoms with E-state index in [1.54, 1.807) is 6.33 Å². The Morgan fingerprint density at radius 1 is 1.26 bits per heavy atom. The van der Waals surface area contributed by atoms with Crippen molar-refractivity contribution in [2.75, 3.05) is 13.1 Å². The van der Waals surface area contributed by atoms with Gasteiger partial charge in [-0.3, -0.25) is 9.58 Å². The van der Waals surface area contributed by atoms with Gasteiger partial charge in [-0.05, 0) is 38.8 Å². The van der Waals surface area contributed by atoms with Crippen molar-refractivity contribution in [3.05, 3.63) is 12.2 Å². The first-order chi connectivity index (χ1) is 9.22. The Kier molecular flexibility index (Phi) is 3.58. The Morgan fingerprint density at radius 3 is 2.53 bits per heavy atom. The fourth-order valence-corrected chi connectivity index (χ4v) is 3.96. The van der Waals surface area contributed by atoms with Gasteiger partial charge in [-0.25, -0.2) is 4.98 Å². The molecule has 2 aliphatic rings. The van der Waals surface area contributed by atoms with E-state index in [4.69, 9.17) is 5.73 Å². The van der Waals surface area contributed by atoms with E-state index < -0.39 is 0 Å². The summed E-state index contributed by atoms with van der Waals surface area (Å²) in [7, 11) is 1.95. The van der Waals surface area contributed by atoms with Gasteiger partial charge >= 0.3 is 0 Å². The Hall–Kier alpha value is -0.940. The number of nitrogens with zero attached hydrogens (tertiary/aromatic N) is 4. The van der Waals surface area contributed by atoms with E-state index in [-0.39, 0.29) is 11.6 Å². The van der Waals surface area contributed by atoms with E-state index in [1.165, 1.54) is 51.6 Å². The minimum Gasteiger partial charge on any atom is -0.326 e. The van der Waals surface area contributed by atoms with Crippen molar-refractivity contribution < 1.29 is 0 Å². The Morgan fingerprint density at radius 2 is 1.95 bits per heavy atom. The molecule has 1 aromatic rings. The number of aryl methyl sites for hydroxylation is 1.